The summed E-state index contributed by atoms with van der Waals surface area (Å²) in [5.74, 6) is -0.486. The number of anilines is 1. The molecule has 1 fully saturated rings. The number of thioether (sulfide) groups is 1. The minimum Gasteiger partial charge on any atom is -0.302 e. The van der Waals surface area contributed by atoms with Gasteiger partial charge in [-0.15, -0.1) is 11.3 Å². The molecule has 1 saturated heterocycles. The lowest BCUT2D eigenvalue weighted by molar-refractivity contribution is -0.122. The van der Waals surface area contributed by atoms with Crippen molar-refractivity contribution in [1.82, 2.24) is 9.88 Å². The van der Waals surface area contributed by atoms with E-state index < -0.39 is 0 Å². The van der Waals surface area contributed by atoms with Gasteiger partial charge in [-0.3, -0.25) is 14.5 Å². The van der Waals surface area contributed by atoms with Gasteiger partial charge >= 0.3 is 0 Å². The van der Waals surface area contributed by atoms with Crippen LogP contribution in [0.15, 0.2) is 53.6 Å². The van der Waals surface area contributed by atoms with Gasteiger partial charge in [0.15, 0.2) is 5.13 Å². The van der Waals surface area contributed by atoms with E-state index in [1.165, 1.54) is 28.0 Å². The molecule has 3 aromatic rings. The first kappa shape index (κ1) is 25.2. The monoisotopic (exact) mass is 567 g/mol. The van der Waals surface area contributed by atoms with Gasteiger partial charge in [-0.2, -0.15) is 0 Å². The summed E-state index contributed by atoms with van der Waals surface area (Å²) in [7, 11) is 0. The number of thiocarbonyl (C=S) groups is 1. The van der Waals surface area contributed by atoms with E-state index in [0.29, 0.717) is 35.8 Å². The first-order valence-electron chi connectivity index (χ1n) is 9.98. The molecule has 2 amide bonds. The van der Waals surface area contributed by atoms with Gasteiger partial charge in [0.2, 0.25) is 5.91 Å². The Morgan fingerprint density at radius 3 is 2.68 bits per heavy atom. The summed E-state index contributed by atoms with van der Waals surface area (Å²) < 4.78 is 0.411. The molecule has 2 heterocycles. The third-order valence-corrected chi connectivity index (χ3v) is 8.16. The van der Waals surface area contributed by atoms with Crippen molar-refractivity contribution < 1.29 is 9.59 Å². The lowest BCUT2D eigenvalue weighted by Crippen LogP contribution is -2.31. The summed E-state index contributed by atoms with van der Waals surface area (Å²) in [6.45, 7) is 0.178. The molecule has 1 N–H and O–H groups in total. The predicted octanol–water partition coefficient (Wildman–Crippen LogP) is 6.92. The fourth-order valence-corrected chi connectivity index (χ4v) is 5.79. The minimum atomic E-state index is -0.250. The molecule has 4 rings (SSSR count). The molecule has 34 heavy (non-hydrogen) atoms. The molecule has 0 atom stereocenters. The van der Waals surface area contributed by atoms with Crippen molar-refractivity contribution in [3.63, 3.8) is 0 Å². The number of hydrogen-bond acceptors (Lipinski definition) is 6. The summed E-state index contributed by atoms with van der Waals surface area (Å²) in [6.07, 6.45) is 4.14. The summed E-state index contributed by atoms with van der Waals surface area (Å²) in [6, 6.07) is 12.7. The molecular weight excluding hydrogens is 553 g/mol. The fourth-order valence-electron chi connectivity index (χ4n) is 3.12. The maximum atomic E-state index is 12.8. The number of nitrogens with one attached hydrogen (secondary N) is 1. The molecule has 11 heteroatoms. The zero-order chi connectivity index (χ0) is 24.2. The van der Waals surface area contributed by atoms with Crippen molar-refractivity contribution in [2.75, 3.05) is 11.9 Å². The number of hydrogen-bond donors (Lipinski definition) is 1. The molecule has 0 spiro atoms. The van der Waals surface area contributed by atoms with Gasteiger partial charge in [0.05, 0.1) is 15.0 Å². The quantitative estimate of drug-likeness (QED) is 0.247. The number of amides is 2. The van der Waals surface area contributed by atoms with Crippen LogP contribution >= 0.6 is 70.1 Å². The number of halogens is 3. The number of carbonyl (C=O) groups excluding carboxylic acids is 2. The molecule has 0 unspecified atom stereocenters. The summed E-state index contributed by atoms with van der Waals surface area (Å²) in [5.41, 5.74) is 1.73. The van der Waals surface area contributed by atoms with Crippen molar-refractivity contribution in [2.45, 2.75) is 12.8 Å². The van der Waals surface area contributed by atoms with Crippen molar-refractivity contribution in [2.24, 2.45) is 0 Å². The highest BCUT2D eigenvalue weighted by Gasteiger charge is 2.32. The topological polar surface area (TPSA) is 62.3 Å². The normalized spacial score (nSPS) is 14.8. The Labute approximate surface area is 225 Å². The largest absolute Gasteiger partial charge is 0.302 e. The van der Waals surface area contributed by atoms with Crippen LogP contribution < -0.4 is 5.32 Å². The van der Waals surface area contributed by atoms with Gasteiger partial charge < -0.3 is 5.32 Å². The third kappa shape index (κ3) is 6.19. The highest BCUT2D eigenvalue weighted by atomic mass is 35.5. The van der Waals surface area contributed by atoms with E-state index in [9.17, 15) is 9.59 Å². The van der Waals surface area contributed by atoms with Gasteiger partial charge in [-0.25, -0.2) is 4.98 Å². The summed E-state index contributed by atoms with van der Waals surface area (Å²) in [5, 5.41) is 4.82. The molecule has 174 valence electrons. The maximum Gasteiger partial charge on any atom is 0.266 e. The smallest absolute Gasteiger partial charge is 0.266 e. The Balaban J connectivity index is 1.32. The Morgan fingerprint density at radius 1 is 1.12 bits per heavy atom. The Morgan fingerprint density at radius 2 is 1.91 bits per heavy atom. The van der Waals surface area contributed by atoms with Crippen LogP contribution in [0.4, 0.5) is 5.13 Å². The maximum absolute atomic E-state index is 12.8. The second kappa shape index (κ2) is 11.2. The van der Waals surface area contributed by atoms with E-state index in [2.05, 4.69) is 10.3 Å². The standard InChI is InChI=1S/C23H16Cl3N3O2S3/c24-16-4-2-1-3-14(16)11-19-21(31)29(23(32)34-19)8-7-20(30)28-22-27-12-15(33-22)9-13-5-6-17(25)18(26)10-13/h1-6,10-12H,7-9H2,(H,27,28,30)/b19-11+. The lowest BCUT2D eigenvalue weighted by Gasteiger charge is -2.13. The Kier molecular flexibility index (Phi) is 8.29. The fraction of sp³-hybridized carbons (Fsp3) is 0.130. The van der Waals surface area contributed by atoms with E-state index >= 15 is 0 Å². The molecule has 0 aliphatic carbocycles. The van der Waals surface area contributed by atoms with E-state index in [0.717, 1.165) is 16.0 Å². The second-order valence-electron chi connectivity index (χ2n) is 7.21. The van der Waals surface area contributed by atoms with Gasteiger partial charge in [0, 0.05) is 35.5 Å². The number of thiazole rings is 1. The summed E-state index contributed by atoms with van der Waals surface area (Å²) in [4.78, 5) is 32.4. The van der Waals surface area contributed by atoms with Crippen LogP contribution in [0.3, 0.4) is 0 Å². The number of nitrogens with zero attached hydrogens (tertiary/aromatic N) is 2. The Hall–Kier alpha value is -1.94. The molecule has 1 aliphatic heterocycles. The van der Waals surface area contributed by atoms with Crippen LogP contribution in [0.2, 0.25) is 15.1 Å². The molecule has 0 bridgehead atoms. The average Bonchev–Trinajstić information content (AvgIpc) is 3.34. The highest BCUT2D eigenvalue weighted by Crippen LogP contribution is 2.34. The zero-order valence-corrected chi connectivity index (χ0v) is 22.1. The minimum absolute atomic E-state index is 0.0908. The number of benzene rings is 2. The highest BCUT2D eigenvalue weighted by molar-refractivity contribution is 8.26. The molecule has 0 saturated carbocycles. The SMILES string of the molecule is O=C(CCN1C(=O)/C(=C\c2ccccc2Cl)SC1=S)Nc1ncc(Cc2ccc(Cl)c(Cl)c2)s1. The van der Waals surface area contributed by atoms with Gasteiger partial charge in [0.25, 0.3) is 5.91 Å². The number of rotatable bonds is 7. The molecule has 1 aromatic heterocycles. The molecule has 5 nitrogen and oxygen atoms in total. The second-order valence-corrected chi connectivity index (χ2v) is 11.2. The number of aromatic nitrogens is 1. The third-order valence-electron chi connectivity index (χ3n) is 4.79. The van der Waals surface area contributed by atoms with E-state index in [1.54, 1.807) is 24.4 Å². The lowest BCUT2D eigenvalue weighted by atomic mass is 10.1. The van der Waals surface area contributed by atoms with Gasteiger partial charge in [-0.05, 0) is 35.4 Å². The van der Waals surface area contributed by atoms with Crippen LogP contribution in [-0.4, -0.2) is 32.6 Å². The average molecular weight is 569 g/mol. The van der Waals surface area contributed by atoms with Crippen LogP contribution in [0.1, 0.15) is 22.4 Å². The van der Waals surface area contributed by atoms with Crippen LogP contribution in [0, 0.1) is 0 Å². The van der Waals surface area contributed by atoms with Crippen LogP contribution in [0.25, 0.3) is 6.08 Å². The predicted molar refractivity (Wildman–Crippen MR) is 146 cm³/mol. The number of carbonyl (C=O) groups is 2. The molecule has 1 aliphatic rings. The van der Waals surface area contributed by atoms with Gasteiger partial charge in [-0.1, -0.05) is 83.0 Å². The first-order chi connectivity index (χ1) is 16.3. The van der Waals surface area contributed by atoms with Crippen molar-refractivity contribution in [3.8, 4) is 0 Å². The zero-order valence-electron chi connectivity index (χ0n) is 17.4. The van der Waals surface area contributed by atoms with E-state index in [4.69, 9.17) is 47.0 Å². The Bertz CT molecular complexity index is 1310. The molecule has 0 radical (unpaired) electrons. The summed E-state index contributed by atoms with van der Waals surface area (Å²) >= 11 is 26.1. The van der Waals surface area contributed by atoms with Crippen LogP contribution in [-0.2, 0) is 16.0 Å². The van der Waals surface area contributed by atoms with Crippen molar-refractivity contribution >= 4 is 97.5 Å². The van der Waals surface area contributed by atoms with Crippen molar-refractivity contribution in [3.05, 3.63) is 84.6 Å². The van der Waals surface area contributed by atoms with Crippen LogP contribution in [0.5, 0.6) is 0 Å². The first-order valence-corrected chi connectivity index (χ1v) is 13.2. The molecular formula is C23H16Cl3N3O2S3. The van der Waals surface area contributed by atoms with E-state index in [1.807, 2.05) is 30.3 Å². The van der Waals surface area contributed by atoms with E-state index in [-0.39, 0.29) is 24.8 Å². The van der Waals surface area contributed by atoms with Crippen molar-refractivity contribution in [1.29, 1.82) is 0 Å². The molecule has 2 aromatic carbocycles. The van der Waals surface area contributed by atoms with Gasteiger partial charge in [0.1, 0.15) is 4.32 Å².